The third-order valence-electron chi connectivity index (χ3n) is 4.13. The van der Waals surface area contributed by atoms with E-state index >= 15 is 0 Å². The molecule has 0 bridgehead atoms. The van der Waals surface area contributed by atoms with Gasteiger partial charge in [0.15, 0.2) is 0 Å². The Balaban J connectivity index is 1.91. The van der Waals surface area contributed by atoms with Gasteiger partial charge in [0.1, 0.15) is 0 Å². The van der Waals surface area contributed by atoms with Crippen LogP contribution < -0.4 is 5.56 Å². The monoisotopic (exact) mass is 296 g/mol. The molecule has 1 aromatic carbocycles. The predicted octanol–water partition coefficient (Wildman–Crippen LogP) is 3.06. The van der Waals surface area contributed by atoms with Crippen molar-refractivity contribution in [2.24, 2.45) is 0 Å². The van der Waals surface area contributed by atoms with Crippen LogP contribution in [0.15, 0.2) is 47.4 Å². The van der Waals surface area contributed by atoms with Gasteiger partial charge in [0.2, 0.25) is 0 Å². The Morgan fingerprint density at radius 2 is 1.68 bits per heavy atom. The number of aromatic amines is 1. The first-order valence-corrected chi connectivity index (χ1v) is 7.83. The molecule has 0 atom stereocenters. The van der Waals surface area contributed by atoms with Crippen molar-refractivity contribution in [2.75, 3.05) is 13.1 Å². The van der Waals surface area contributed by atoms with E-state index in [-0.39, 0.29) is 11.5 Å². The molecule has 1 aliphatic heterocycles. The van der Waals surface area contributed by atoms with Crippen LogP contribution in [0, 0.1) is 0 Å². The maximum absolute atomic E-state index is 12.7. The molecule has 2 heterocycles. The molecule has 1 aliphatic rings. The fraction of sp³-hybridized carbons (Fsp3) is 0.333. The van der Waals surface area contributed by atoms with Crippen LogP contribution in [-0.2, 0) is 0 Å². The van der Waals surface area contributed by atoms with E-state index in [1.165, 1.54) is 19.0 Å². The molecule has 1 fully saturated rings. The van der Waals surface area contributed by atoms with E-state index in [1.54, 1.807) is 6.07 Å². The molecule has 0 aliphatic carbocycles. The fourth-order valence-corrected chi connectivity index (χ4v) is 2.90. The number of rotatable bonds is 2. The first-order chi connectivity index (χ1) is 10.8. The van der Waals surface area contributed by atoms with Crippen molar-refractivity contribution in [1.29, 1.82) is 0 Å². The summed E-state index contributed by atoms with van der Waals surface area (Å²) in [6.45, 7) is 1.61. The summed E-state index contributed by atoms with van der Waals surface area (Å²) in [7, 11) is 0. The van der Waals surface area contributed by atoms with Gasteiger partial charge < -0.3 is 9.88 Å². The fourth-order valence-electron chi connectivity index (χ4n) is 2.90. The molecule has 0 saturated carbocycles. The van der Waals surface area contributed by atoms with E-state index in [2.05, 4.69) is 4.98 Å². The van der Waals surface area contributed by atoms with Gasteiger partial charge in [-0.15, -0.1) is 0 Å². The molecule has 1 N–H and O–H groups in total. The largest absolute Gasteiger partial charge is 0.339 e. The topological polar surface area (TPSA) is 53.2 Å². The van der Waals surface area contributed by atoms with Crippen LogP contribution in [0.25, 0.3) is 11.1 Å². The number of benzene rings is 1. The Labute approximate surface area is 129 Å². The zero-order chi connectivity index (χ0) is 15.4. The van der Waals surface area contributed by atoms with Gasteiger partial charge in [-0.3, -0.25) is 9.59 Å². The minimum atomic E-state index is -0.168. The average molecular weight is 296 g/mol. The molecule has 1 saturated heterocycles. The number of carbonyl (C=O) groups is 1. The summed E-state index contributed by atoms with van der Waals surface area (Å²) in [5.41, 5.74) is 1.76. The number of aromatic nitrogens is 1. The zero-order valence-electron chi connectivity index (χ0n) is 12.5. The van der Waals surface area contributed by atoms with E-state index in [1.807, 2.05) is 35.2 Å². The van der Waals surface area contributed by atoms with Crippen LogP contribution >= 0.6 is 0 Å². The molecule has 0 unspecified atom stereocenters. The highest BCUT2D eigenvalue weighted by atomic mass is 16.2. The summed E-state index contributed by atoms with van der Waals surface area (Å²) in [5.74, 6) is 0.00957. The van der Waals surface area contributed by atoms with E-state index < -0.39 is 0 Å². The lowest BCUT2D eigenvalue weighted by Gasteiger charge is -2.20. The smallest absolute Gasteiger partial charge is 0.255 e. The second-order valence-corrected chi connectivity index (χ2v) is 5.70. The minimum absolute atomic E-state index is 0.00957. The summed E-state index contributed by atoms with van der Waals surface area (Å²) in [5, 5.41) is 0. The molecule has 1 amide bonds. The first-order valence-electron chi connectivity index (χ1n) is 7.83. The number of pyridine rings is 1. The van der Waals surface area contributed by atoms with Gasteiger partial charge in [-0.05, 0) is 24.5 Å². The first kappa shape index (κ1) is 14.6. The van der Waals surface area contributed by atoms with Crippen LogP contribution in [0.3, 0.4) is 0 Å². The van der Waals surface area contributed by atoms with E-state index in [0.717, 1.165) is 31.5 Å². The number of nitrogens with zero attached hydrogens (tertiary/aromatic N) is 1. The predicted molar refractivity (Wildman–Crippen MR) is 86.9 cm³/mol. The quantitative estimate of drug-likeness (QED) is 0.926. The Kier molecular flexibility index (Phi) is 4.37. The van der Waals surface area contributed by atoms with Crippen molar-refractivity contribution in [2.45, 2.75) is 25.7 Å². The van der Waals surface area contributed by atoms with Crippen LogP contribution in [0.2, 0.25) is 0 Å². The van der Waals surface area contributed by atoms with Crippen LogP contribution in [0.1, 0.15) is 36.0 Å². The summed E-state index contributed by atoms with van der Waals surface area (Å²) in [4.78, 5) is 29.3. The van der Waals surface area contributed by atoms with Gasteiger partial charge in [-0.25, -0.2) is 0 Å². The number of carbonyl (C=O) groups excluding carboxylic acids is 1. The summed E-state index contributed by atoms with van der Waals surface area (Å²) in [6.07, 6.45) is 6.01. The standard InChI is InChI=1S/C18H20N2O2/c21-17-16(14-8-4-3-5-9-14)12-15(13-19-17)18(22)20-10-6-1-2-7-11-20/h3-5,8-9,12-13H,1-2,6-7,10-11H2,(H,19,21). The van der Waals surface area contributed by atoms with E-state index in [9.17, 15) is 9.59 Å². The van der Waals surface area contributed by atoms with Crippen LogP contribution in [0.4, 0.5) is 0 Å². The highest BCUT2D eigenvalue weighted by Crippen LogP contribution is 2.18. The number of likely N-dealkylation sites (tertiary alicyclic amines) is 1. The molecular weight excluding hydrogens is 276 g/mol. The van der Waals surface area contributed by atoms with Gasteiger partial charge in [0.25, 0.3) is 11.5 Å². The maximum atomic E-state index is 12.7. The molecule has 0 radical (unpaired) electrons. The number of hydrogen-bond donors (Lipinski definition) is 1. The van der Waals surface area contributed by atoms with E-state index in [0.29, 0.717) is 11.1 Å². The number of nitrogens with one attached hydrogen (secondary N) is 1. The molecule has 2 aromatic rings. The number of H-pyrrole nitrogens is 1. The highest BCUT2D eigenvalue weighted by molar-refractivity contribution is 5.95. The van der Waals surface area contributed by atoms with E-state index in [4.69, 9.17) is 0 Å². The van der Waals surface area contributed by atoms with Crippen LogP contribution in [0.5, 0.6) is 0 Å². The third-order valence-corrected chi connectivity index (χ3v) is 4.13. The van der Waals surface area contributed by atoms with Crippen molar-refractivity contribution >= 4 is 5.91 Å². The van der Waals surface area contributed by atoms with Gasteiger partial charge in [-0.1, -0.05) is 43.2 Å². The van der Waals surface area contributed by atoms with Crippen molar-refractivity contribution in [1.82, 2.24) is 9.88 Å². The molecule has 22 heavy (non-hydrogen) atoms. The Morgan fingerprint density at radius 3 is 2.36 bits per heavy atom. The molecule has 4 heteroatoms. The normalized spacial score (nSPS) is 15.4. The lowest BCUT2D eigenvalue weighted by atomic mass is 10.1. The van der Waals surface area contributed by atoms with Gasteiger partial charge in [-0.2, -0.15) is 0 Å². The lowest BCUT2D eigenvalue weighted by Crippen LogP contribution is -2.32. The Bertz CT molecular complexity index is 699. The third kappa shape index (κ3) is 3.11. The molecule has 0 spiro atoms. The second kappa shape index (κ2) is 6.60. The zero-order valence-corrected chi connectivity index (χ0v) is 12.5. The number of hydrogen-bond acceptors (Lipinski definition) is 2. The number of amides is 1. The Morgan fingerprint density at radius 1 is 1.00 bits per heavy atom. The molecule has 114 valence electrons. The van der Waals surface area contributed by atoms with Gasteiger partial charge in [0.05, 0.1) is 5.56 Å². The lowest BCUT2D eigenvalue weighted by molar-refractivity contribution is 0.0761. The van der Waals surface area contributed by atoms with Crippen LogP contribution in [-0.4, -0.2) is 28.9 Å². The second-order valence-electron chi connectivity index (χ2n) is 5.70. The summed E-state index contributed by atoms with van der Waals surface area (Å²) in [6, 6.07) is 11.1. The maximum Gasteiger partial charge on any atom is 0.255 e. The SMILES string of the molecule is O=C(c1c[nH]c(=O)c(-c2ccccc2)c1)N1CCCCCC1. The van der Waals surface area contributed by atoms with Gasteiger partial charge in [0, 0.05) is 24.8 Å². The van der Waals surface area contributed by atoms with Crippen molar-refractivity contribution < 1.29 is 4.79 Å². The molecule has 4 nitrogen and oxygen atoms in total. The summed E-state index contributed by atoms with van der Waals surface area (Å²) >= 11 is 0. The summed E-state index contributed by atoms with van der Waals surface area (Å²) < 4.78 is 0. The molecule has 1 aromatic heterocycles. The van der Waals surface area contributed by atoms with Gasteiger partial charge >= 0.3 is 0 Å². The Hall–Kier alpha value is -2.36. The average Bonchev–Trinajstić information content (AvgIpc) is 2.85. The van der Waals surface area contributed by atoms with Crippen molar-refractivity contribution in [3.8, 4) is 11.1 Å². The molecular formula is C18H20N2O2. The minimum Gasteiger partial charge on any atom is -0.339 e. The van der Waals surface area contributed by atoms with Crippen molar-refractivity contribution in [3.05, 3.63) is 58.5 Å². The van der Waals surface area contributed by atoms with Crippen molar-refractivity contribution in [3.63, 3.8) is 0 Å². The highest BCUT2D eigenvalue weighted by Gasteiger charge is 2.18. The molecule has 3 rings (SSSR count).